The predicted octanol–water partition coefficient (Wildman–Crippen LogP) is 2.40. The molecule has 0 saturated heterocycles. The van der Waals surface area contributed by atoms with E-state index in [1.807, 2.05) is 39.0 Å². The van der Waals surface area contributed by atoms with Crippen LogP contribution in [0.5, 0.6) is 0 Å². The highest BCUT2D eigenvalue weighted by Crippen LogP contribution is 2.27. The Labute approximate surface area is 124 Å². The van der Waals surface area contributed by atoms with Crippen molar-refractivity contribution in [1.29, 1.82) is 0 Å². The first-order valence-corrected chi connectivity index (χ1v) is 7.59. The lowest BCUT2D eigenvalue weighted by molar-refractivity contribution is -0.126. The first-order chi connectivity index (χ1) is 9.32. The second-order valence-corrected chi connectivity index (χ2v) is 6.19. The number of ketones is 1. The summed E-state index contributed by atoms with van der Waals surface area (Å²) in [7, 11) is 0. The van der Waals surface area contributed by atoms with Crippen molar-refractivity contribution in [2.24, 2.45) is 5.92 Å². The maximum atomic E-state index is 11.9. The second-order valence-electron chi connectivity index (χ2n) is 5.18. The molecule has 0 aromatic heterocycles. The van der Waals surface area contributed by atoms with E-state index in [-0.39, 0.29) is 23.4 Å². The van der Waals surface area contributed by atoms with Gasteiger partial charge in [0.2, 0.25) is 5.91 Å². The average Bonchev–Trinajstić information content (AvgIpc) is 2.37. The molecule has 0 bridgehead atoms. The number of hydrogen-bond donors (Lipinski definition) is 2. The van der Waals surface area contributed by atoms with Crippen molar-refractivity contribution in [2.45, 2.75) is 38.6 Å². The molecule has 0 radical (unpaired) electrons. The quantitative estimate of drug-likeness (QED) is 0.624. The van der Waals surface area contributed by atoms with Gasteiger partial charge in [0.15, 0.2) is 5.78 Å². The van der Waals surface area contributed by atoms with Gasteiger partial charge < -0.3 is 11.1 Å². The maximum Gasteiger partial charge on any atom is 0.230 e. The minimum Gasteiger partial charge on any atom is -0.398 e. The minimum absolute atomic E-state index is 0.0200. The number of nitrogens with one attached hydrogen (secondary N) is 1. The van der Waals surface area contributed by atoms with Crippen LogP contribution in [0, 0.1) is 12.8 Å². The fourth-order valence-electron chi connectivity index (χ4n) is 1.88. The van der Waals surface area contributed by atoms with E-state index in [2.05, 4.69) is 5.32 Å². The van der Waals surface area contributed by atoms with E-state index in [1.54, 1.807) is 0 Å². The molecule has 0 fully saturated rings. The Bertz CT molecular complexity index is 501. The van der Waals surface area contributed by atoms with Crippen molar-refractivity contribution in [3.8, 4) is 0 Å². The molecular formula is C15H22N2O2S. The summed E-state index contributed by atoms with van der Waals surface area (Å²) in [4.78, 5) is 24.3. The van der Waals surface area contributed by atoms with Crippen LogP contribution in [-0.4, -0.2) is 23.5 Å². The summed E-state index contributed by atoms with van der Waals surface area (Å²) in [6.07, 6.45) is 0. The maximum absolute atomic E-state index is 11.9. The van der Waals surface area contributed by atoms with E-state index in [1.165, 1.54) is 18.7 Å². The Morgan fingerprint density at radius 1 is 1.35 bits per heavy atom. The van der Waals surface area contributed by atoms with E-state index in [0.717, 1.165) is 10.5 Å². The van der Waals surface area contributed by atoms with E-state index >= 15 is 0 Å². The molecule has 0 aliphatic carbocycles. The number of benzene rings is 1. The monoisotopic (exact) mass is 294 g/mol. The van der Waals surface area contributed by atoms with Gasteiger partial charge in [0.05, 0.1) is 11.8 Å². The molecule has 1 atom stereocenters. The topological polar surface area (TPSA) is 72.2 Å². The van der Waals surface area contributed by atoms with Gasteiger partial charge in [-0.05, 0) is 31.4 Å². The van der Waals surface area contributed by atoms with Gasteiger partial charge in [-0.15, -0.1) is 11.8 Å². The Morgan fingerprint density at radius 2 is 2.00 bits per heavy atom. The molecule has 1 aromatic rings. The molecule has 0 aliphatic rings. The third-order valence-electron chi connectivity index (χ3n) is 3.06. The second kappa shape index (κ2) is 7.33. The minimum atomic E-state index is -0.419. The van der Waals surface area contributed by atoms with Crippen molar-refractivity contribution in [3.63, 3.8) is 0 Å². The molecule has 0 spiro atoms. The van der Waals surface area contributed by atoms with Crippen LogP contribution in [0.25, 0.3) is 0 Å². The van der Waals surface area contributed by atoms with Crippen molar-refractivity contribution in [1.82, 2.24) is 5.32 Å². The third-order valence-corrected chi connectivity index (χ3v) is 4.14. The number of carbonyl (C=O) groups is 2. The smallest absolute Gasteiger partial charge is 0.230 e. The van der Waals surface area contributed by atoms with Crippen LogP contribution < -0.4 is 11.1 Å². The standard InChI is InChI=1S/C15H22N2O2S/c1-9(2)15(11(4)18)17-13(19)8-20-12-7-5-6-10(3)14(12)16/h5-7,9,15H,8,16H2,1-4H3,(H,17,19). The summed E-state index contributed by atoms with van der Waals surface area (Å²) in [6, 6.07) is 5.33. The van der Waals surface area contributed by atoms with E-state index in [0.29, 0.717) is 5.69 Å². The number of anilines is 1. The number of para-hydroxylation sites is 1. The van der Waals surface area contributed by atoms with Crippen molar-refractivity contribution in [2.75, 3.05) is 11.5 Å². The molecule has 1 rings (SSSR count). The molecule has 5 heteroatoms. The molecule has 1 unspecified atom stereocenters. The molecule has 0 aliphatic heterocycles. The Hall–Kier alpha value is -1.49. The number of Topliss-reactive ketones (excluding diaryl/α,β-unsaturated/α-hetero) is 1. The summed E-state index contributed by atoms with van der Waals surface area (Å²) in [6.45, 7) is 7.26. The van der Waals surface area contributed by atoms with Gasteiger partial charge in [0.1, 0.15) is 0 Å². The number of thioether (sulfide) groups is 1. The number of carbonyl (C=O) groups excluding carboxylic acids is 2. The van der Waals surface area contributed by atoms with Crippen LogP contribution in [-0.2, 0) is 9.59 Å². The fraction of sp³-hybridized carbons (Fsp3) is 0.467. The zero-order chi connectivity index (χ0) is 15.3. The summed E-state index contributed by atoms with van der Waals surface area (Å²) in [5, 5.41) is 2.77. The highest BCUT2D eigenvalue weighted by Gasteiger charge is 2.20. The summed E-state index contributed by atoms with van der Waals surface area (Å²) < 4.78 is 0. The molecule has 110 valence electrons. The molecule has 0 saturated carbocycles. The van der Waals surface area contributed by atoms with Crippen molar-refractivity contribution >= 4 is 29.1 Å². The number of aryl methyl sites for hydroxylation is 1. The van der Waals surface area contributed by atoms with Crippen LogP contribution in [0.15, 0.2) is 23.1 Å². The number of hydrogen-bond acceptors (Lipinski definition) is 4. The fourth-order valence-corrected chi connectivity index (χ4v) is 2.74. The summed E-state index contributed by atoms with van der Waals surface area (Å²) in [5.41, 5.74) is 7.66. The highest BCUT2D eigenvalue weighted by molar-refractivity contribution is 8.00. The lowest BCUT2D eigenvalue weighted by Crippen LogP contribution is -2.44. The van der Waals surface area contributed by atoms with Crippen LogP contribution in [0.1, 0.15) is 26.3 Å². The zero-order valence-electron chi connectivity index (χ0n) is 12.4. The zero-order valence-corrected chi connectivity index (χ0v) is 13.2. The van der Waals surface area contributed by atoms with Gasteiger partial charge in [-0.25, -0.2) is 0 Å². The Morgan fingerprint density at radius 3 is 2.55 bits per heavy atom. The van der Waals surface area contributed by atoms with Crippen molar-refractivity contribution < 1.29 is 9.59 Å². The molecule has 20 heavy (non-hydrogen) atoms. The molecule has 3 N–H and O–H groups in total. The molecular weight excluding hydrogens is 272 g/mol. The average molecular weight is 294 g/mol. The number of rotatable bonds is 6. The largest absolute Gasteiger partial charge is 0.398 e. The Kier molecular flexibility index (Phi) is 6.07. The SMILES string of the molecule is CC(=O)C(NC(=O)CSc1cccc(C)c1N)C(C)C. The van der Waals surface area contributed by atoms with E-state index < -0.39 is 6.04 Å². The summed E-state index contributed by atoms with van der Waals surface area (Å²) >= 11 is 1.39. The van der Waals surface area contributed by atoms with E-state index in [9.17, 15) is 9.59 Å². The molecule has 4 nitrogen and oxygen atoms in total. The summed E-state index contributed by atoms with van der Waals surface area (Å²) in [5.74, 6) is 0.174. The molecule has 1 amide bonds. The Balaban J connectivity index is 2.59. The number of nitrogen functional groups attached to an aromatic ring is 1. The van der Waals surface area contributed by atoms with Crippen LogP contribution in [0.3, 0.4) is 0 Å². The van der Waals surface area contributed by atoms with Gasteiger partial charge in [-0.2, -0.15) is 0 Å². The van der Waals surface area contributed by atoms with Crippen LogP contribution in [0.4, 0.5) is 5.69 Å². The third kappa shape index (κ3) is 4.56. The predicted molar refractivity (Wildman–Crippen MR) is 83.8 cm³/mol. The molecule has 1 aromatic carbocycles. The lowest BCUT2D eigenvalue weighted by atomic mass is 10.0. The number of nitrogens with two attached hydrogens (primary N) is 1. The van der Waals surface area contributed by atoms with Crippen molar-refractivity contribution in [3.05, 3.63) is 23.8 Å². The normalized spacial score (nSPS) is 12.2. The van der Waals surface area contributed by atoms with E-state index in [4.69, 9.17) is 5.73 Å². The lowest BCUT2D eigenvalue weighted by Gasteiger charge is -2.19. The highest BCUT2D eigenvalue weighted by atomic mass is 32.2. The van der Waals surface area contributed by atoms with Gasteiger partial charge in [0.25, 0.3) is 0 Å². The van der Waals surface area contributed by atoms with Gasteiger partial charge in [-0.1, -0.05) is 26.0 Å². The van der Waals surface area contributed by atoms with Gasteiger partial charge in [0, 0.05) is 10.6 Å². The first kappa shape index (κ1) is 16.6. The number of amides is 1. The first-order valence-electron chi connectivity index (χ1n) is 6.60. The van der Waals surface area contributed by atoms with Crippen LogP contribution >= 0.6 is 11.8 Å². The van der Waals surface area contributed by atoms with Crippen LogP contribution in [0.2, 0.25) is 0 Å². The van der Waals surface area contributed by atoms with Gasteiger partial charge >= 0.3 is 0 Å². The van der Waals surface area contributed by atoms with Gasteiger partial charge in [-0.3, -0.25) is 9.59 Å². The molecule has 0 heterocycles.